The van der Waals surface area contributed by atoms with Crippen molar-refractivity contribution in [3.8, 4) is 28.4 Å². The second-order valence-corrected chi connectivity index (χ2v) is 4.93. The van der Waals surface area contributed by atoms with Crippen LogP contribution >= 0.6 is 0 Å². The maximum Gasteiger partial charge on any atom is 0.121 e. The van der Waals surface area contributed by atoms with E-state index in [-0.39, 0.29) is 0 Å². The molecule has 3 rings (SSSR count). The summed E-state index contributed by atoms with van der Waals surface area (Å²) in [6.07, 6.45) is 1.90. The molecule has 5 nitrogen and oxygen atoms in total. The van der Waals surface area contributed by atoms with Crippen molar-refractivity contribution in [2.24, 2.45) is 0 Å². The highest BCUT2D eigenvalue weighted by atomic mass is 16.5. The van der Waals surface area contributed by atoms with Crippen LogP contribution in [0.25, 0.3) is 16.9 Å². The molecule has 3 aromatic rings. The summed E-state index contributed by atoms with van der Waals surface area (Å²) < 4.78 is 12.3. The molecule has 0 radical (unpaired) electrons. The molecule has 1 heterocycles. The van der Waals surface area contributed by atoms with Gasteiger partial charge in [-0.3, -0.25) is 0 Å². The Balaban J connectivity index is 2.00. The van der Waals surface area contributed by atoms with Gasteiger partial charge in [-0.25, -0.2) is 4.68 Å². The second kappa shape index (κ2) is 5.89. The van der Waals surface area contributed by atoms with E-state index in [0.717, 1.165) is 34.0 Å². The van der Waals surface area contributed by atoms with Gasteiger partial charge in [0.05, 0.1) is 26.1 Å². The van der Waals surface area contributed by atoms with Gasteiger partial charge < -0.3 is 9.47 Å². The molecule has 0 saturated carbocycles. The van der Waals surface area contributed by atoms with Crippen LogP contribution in [0.5, 0.6) is 11.5 Å². The van der Waals surface area contributed by atoms with Crippen molar-refractivity contribution >= 4 is 0 Å². The van der Waals surface area contributed by atoms with E-state index in [2.05, 4.69) is 10.3 Å². The van der Waals surface area contributed by atoms with Gasteiger partial charge in [0, 0.05) is 11.6 Å². The van der Waals surface area contributed by atoms with Gasteiger partial charge >= 0.3 is 0 Å². The fraction of sp³-hybridized carbons (Fsp3) is 0.176. The highest BCUT2D eigenvalue weighted by Gasteiger charge is 2.09. The van der Waals surface area contributed by atoms with Crippen LogP contribution in [0.3, 0.4) is 0 Å². The van der Waals surface area contributed by atoms with E-state index in [1.165, 1.54) is 0 Å². The van der Waals surface area contributed by atoms with Crippen LogP contribution in [-0.2, 0) is 0 Å². The second-order valence-electron chi connectivity index (χ2n) is 4.93. The third-order valence-electron chi connectivity index (χ3n) is 3.52. The molecule has 0 atom stereocenters. The molecule has 0 spiro atoms. The molecule has 0 N–H and O–H groups in total. The average Bonchev–Trinajstić information content (AvgIpc) is 3.05. The lowest BCUT2D eigenvalue weighted by Crippen LogP contribution is -1.98. The molecule has 0 bridgehead atoms. The Morgan fingerprint density at radius 1 is 0.955 bits per heavy atom. The lowest BCUT2D eigenvalue weighted by Gasteiger charge is -2.07. The zero-order chi connectivity index (χ0) is 15.5. The van der Waals surface area contributed by atoms with Crippen molar-refractivity contribution in [2.75, 3.05) is 14.2 Å². The molecule has 0 aliphatic rings. The largest absolute Gasteiger partial charge is 0.497 e. The Bertz CT molecular complexity index is 796. The fourth-order valence-electron chi connectivity index (χ4n) is 2.26. The Kier molecular flexibility index (Phi) is 3.78. The summed E-state index contributed by atoms with van der Waals surface area (Å²) in [7, 11) is 3.30. The number of aromatic nitrogens is 3. The van der Waals surface area contributed by atoms with Crippen LogP contribution in [0.1, 0.15) is 5.56 Å². The SMILES string of the molecule is COc1cccc(-c2cn(-c3cc(OC)ccc3C)nn2)c1. The third kappa shape index (κ3) is 2.65. The molecule has 22 heavy (non-hydrogen) atoms. The molecular formula is C17H17N3O2. The van der Waals surface area contributed by atoms with E-state index in [1.54, 1.807) is 18.9 Å². The zero-order valence-corrected chi connectivity index (χ0v) is 12.8. The monoisotopic (exact) mass is 295 g/mol. The van der Waals surface area contributed by atoms with Crippen LogP contribution in [0.15, 0.2) is 48.7 Å². The minimum atomic E-state index is 0.791. The van der Waals surface area contributed by atoms with Crippen molar-refractivity contribution < 1.29 is 9.47 Å². The summed E-state index contributed by atoms with van der Waals surface area (Å²) in [5, 5.41) is 8.48. The summed E-state index contributed by atoms with van der Waals surface area (Å²) in [4.78, 5) is 0. The molecule has 2 aromatic carbocycles. The third-order valence-corrected chi connectivity index (χ3v) is 3.52. The van der Waals surface area contributed by atoms with Crippen molar-refractivity contribution in [2.45, 2.75) is 6.92 Å². The normalized spacial score (nSPS) is 10.5. The van der Waals surface area contributed by atoms with Gasteiger partial charge in [-0.1, -0.05) is 23.4 Å². The number of nitrogens with zero attached hydrogens (tertiary/aromatic N) is 3. The number of rotatable bonds is 4. The summed E-state index contributed by atoms with van der Waals surface area (Å²) in [6.45, 7) is 2.03. The van der Waals surface area contributed by atoms with E-state index >= 15 is 0 Å². The lowest BCUT2D eigenvalue weighted by molar-refractivity contribution is 0.414. The highest BCUT2D eigenvalue weighted by molar-refractivity contribution is 5.60. The zero-order valence-electron chi connectivity index (χ0n) is 12.8. The van der Waals surface area contributed by atoms with Crippen molar-refractivity contribution in [1.29, 1.82) is 0 Å². The van der Waals surface area contributed by atoms with Gasteiger partial charge in [-0.05, 0) is 30.7 Å². The van der Waals surface area contributed by atoms with Crippen LogP contribution < -0.4 is 9.47 Å². The van der Waals surface area contributed by atoms with E-state index < -0.39 is 0 Å². The Morgan fingerprint density at radius 2 is 1.73 bits per heavy atom. The van der Waals surface area contributed by atoms with Gasteiger partial charge in [0.25, 0.3) is 0 Å². The van der Waals surface area contributed by atoms with E-state index in [4.69, 9.17) is 9.47 Å². The van der Waals surface area contributed by atoms with Crippen LogP contribution in [0.2, 0.25) is 0 Å². The van der Waals surface area contributed by atoms with Gasteiger partial charge in [-0.15, -0.1) is 5.10 Å². The summed E-state index contributed by atoms with van der Waals surface area (Å²) in [6, 6.07) is 13.6. The lowest BCUT2D eigenvalue weighted by atomic mass is 10.1. The number of aryl methyl sites for hydroxylation is 1. The molecule has 0 aliphatic heterocycles. The molecule has 0 amide bonds. The van der Waals surface area contributed by atoms with Gasteiger partial charge in [0.1, 0.15) is 17.2 Å². The number of hydrogen-bond acceptors (Lipinski definition) is 4. The fourth-order valence-corrected chi connectivity index (χ4v) is 2.26. The quantitative estimate of drug-likeness (QED) is 0.741. The summed E-state index contributed by atoms with van der Waals surface area (Å²) in [5.41, 5.74) is 3.80. The highest BCUT2D eigenvalue weighted by Crippen LogP contribution is 2.24. The minimum Gasteiger partial charge on any atom is -0.497 e. The Hall–Kier alpha value is -2.82. The van der Waals surface area contributed by atoms with E-state index in [0.29, 0.717) is 0 Å². The first-order chi connectivity index (χ1) is 10.7. The molecule has 1 aromatic heterocycles. The first-order valence-electron chi connectivity index (χ1n) is 6.93. The number of hydrogen-bond donors (Lipinski definition) is 0. The van der Waals surface area contributed by atoms with Gasteiger partial charge in [0.2, 0.25) is 0 Å². The summed E-state index contributed by atoms with van der Waals surface area (Å²) >= 11 is 0. The number of ether oxygens (including phenoxy) is 2. The first kappa shape index (κ1) is 14.1. The minimum absolute atomic E-state index is 0.791. The van der Waals surface area contributed by atoms with Crippen LogP contribution in [0.4, 0.5) is 0 Å². The Morgan fingerprint density at radius 3 is 2.50 bits per heavy atom. The topological polar surface area (TPSA) is 49.2 Å². The predicted octanol–water partition coefficient (Wildman–Crippen LogP) is 3.26. The average molecular weight is 295 g/mol. The maximum absolute atomic E-state index is 5.28. The van der Waals surface area contributed by atoms with Gasteiger partial charge in [-0.2, -0.15) is 0 Å². The molecule has 0 fully saturated rings. The smallest absolute Gasteiger partial charge is 0.121 e. The number of methoxy groups -OCH3 is 2. The molecule has 112 valence electrons. The van der Waals surface area contributed by atoms with E-state index in [9.17, 15) is 0 Å². The Labute approximate surface area is 129 Å². The van der Waals surface area contributed by atoms with Crippen molar-refractivity contribution in [3.63, 3.8) is 0 Å². The standard InChI is InChI=1S/C17H17N3O2/c1-12-7-8-15(22-3)10-17(12)20-11-16(18-19-20)13-5-4-6-14(9-13)21-2/h4-11H,1-3H3. The maximum atomic E-state index is 5.28. The number of benzene rings is 2. The van der Waals surface area contributed by atoms with Crippen LogP contribution in [0, 0.1) is 6.92 Å². The molecule has 5 heteroatoms. The molecule has 0 aliphatic carbocycles. The first-order valence-corrected chi connectivity index (χ1v) is 6.93. The van der Waals surface area contributed by atoms with E-state index in [1.807, 2.05) is 55.6 Å². The van der Waals surface area contributed by atoms with Gasteiger partial charge in [0.15, 0.2) is 0 Å². The molecule has 0 unspecified atom stereocenters. The van der Waals surface area contributed by atoms with Crippen LogP contribution in [-0.4, -0.2) is 29.2 Å². The van der Waals surface area contributed by atoms with Crippen molar-refractivity contribution in [3.05, 3.63) is 54.2 Å². The summed E-state index contributed by atoms with van der Waals surface area (Å²) in [5.74, 6) is 1.59. The van der Waals surface area contributed by atoms with Crippen molar-refractivity contribution in [1.82, 2.24) is 15.0 Å². The molecular weight excluding hydrogens is 278 g/mol. The predicted molar refractivity (Wildman–Crippen MR) is 84.6 cm³/mol. The molecule has 0 saturated heterocycles.